The van der Waals surface area contributed by atoms with Gasteiger partial charge in [-0.15, -0.1) is 0 Å². The van der Waals surface area contributed by atoms with Crippen LogP contribution in [0.1, 0.15) is 36.6 Å². The fourth-order valence-electron chi connectivity index (χ4n) is 1.91. The molecule has 1 aromatic carbocycles. The SMILES string of the molecule is Cc1[nH]c(=O)sc1S(=O)(=O)NCc1ccc(C(C)C)cc1. The fraction of sp³-hybridized carbons (Fsp3) is 0.357. The Morgan fingerprint density at radius 1 is 1.24 bits per heavy atom. The Bertz CT molecular complexity index is 771. The summed E-state index contributed by atoms with van der Waals surface area (Å²) in [4.78, 5) is 13.3. The van der Waals surface area contributed by atoms with Crippen molar-refractivity contribution in [1.29, 1.82) is 0 Å². The molecule has 2 rings (SSSR count). The van der Waals surface area contributed by atoms with E-state index < -0.39 is 10.0 Å². The first-order valence-electron chi connectivity index (χ1n) is 6.58. The zero-order chi connectivity index (χ0) is 15.6. The topological polar surface area (TPSA) is 79.0 Å². The van der Waals surface area contributed by atoms with E-state index in [4.69, 9.17) is 0 Å². The lowest BCUT2D eigenvalue weighted by molar-refractivity contribution is 0.582. The van der Waals surface area contributed by atoms with Crippen molar-refractivity contribution in [2.45, 2.75) is 37.4 Å². The summed E-state index contributed by atoms with van der Waals surface area (Å²) in [6.07, 6.45) is 0. The summed E-state index contributed by atoms with van der Waals surface area (Å²) in [5, 5.41) is 0. The van der Waals surface area contributed by atoms with Gasteiger partial charge in [-0.1, -0.05) is 49.4 Å². The molecular formula is C14H18N2O3S2. The first-order valence-corrected chi connectivity index (χ1v) is 8.88. The van der Waals surface area contributed by atoms with Crippen LogP contribution in [0.4, 0.5) is 0 Å². The Morgan fingerprint density at radius 2 is 1.86 bits per heavy atom. The molecule has 0 aliphatic carbocycles. The molecule has 2 aromatic rings. The van der Waals surface area contributed by atoms with E-state index in [-0.39, 0.29) is 15.6 Å². The second-order valence-electron chi connectivity index (χ2n) is 5.15. The van der Waals surface area contributed by atoms with Crippen LogP contribution < -0.4 is 9.60 Å². The van der Waals surface area contributed by atoms with Gasteiger partial charge in [-0.25, -0.2) is 13.1 Å². The van der Waals surface area contributed by atoms with Crippen molar-refractivity contribution in [3.63, 3.8) is 0 Å². The molecule has 0 spiro atoms. The number of aryl methyl sites for hydroxylation is 1. The minimum Gasteiger partial charge on any atom is -0.315 e. The van der Waals surface area contributed by atoms with Crippen LogP contribution in [0.15, 0.2) is 33.3 Å². The minimum absolute atomic E-state index is 0.0475. The lowest BCUT2D eigenvalue weighted by Gasteiger charge is -2.08. The maximum Gasteiger partial charge on any atom is 0.305 e. The third kappa shape index (κ3) is 3.81. The molecule has 5 nitrogen and oxygen atoms in total. The number of aromatic nitrogens is 1. The highest BCUT2D eigenvalue weighted by Crippen LogP contribution is 2.17. The van der Waals surface area contributed by atoms with Gasteiger partial charge < -0.3 is 4.98 Å². The molecule has 21 heavy (non-hydrogen) atoms. The molecule has 1 aromatic heterocycles. The number of benzene rings is 1. The minimum atomic E-state index is -3.66. The zero-order valence-corrected chi connectivity index (χ0v) is 13.8. The van der Waals surface area contributed by atoms with Gasteiger partial charge in [0.25, 0.3) is 10.0 Å². The van der Waals surface area contributed by atoms with Gasteiger partial charge in [0.2, 0.25) is 0 Å². The molecule has 0 aliphatic rings. The van der Waals surface area contributed by atoms with E-state index in [1.54, 1.807) is 6.92 Å². The van der Waals surface area contributed by atoms with Crippen LogP contribution in [0.25, 0.3) is 0 Å². The summed E-state index contributed by atoms with van der Waals surface area (Å²) in [7, 11) is -3.66. The lowest BCUT2D eigenvalue weighted by Crippen LogP contribution is -2.23. The maximum atomic E-state index is 12.2. The smallest absolute Gasteiger partial charge is 0.305 e. The van der Waals surface area contributed by atoms with Crippen molar-refractivity contribution >= 4 is 21.4 Å². The molecule has 7 heteroatoms. The molecule has 0 bridgehead atoms. The molecule has 0 saturated heterocycles. The molecule has 0 unspecified atom stereocenters. The van der Waals surface area contributed by atoms with Gasteiger partial charge in [-0.05, 0) is 24.0 Å². The second-order valence-corrected chi connectivity index (χ2v) is 8.09. The van der Waals surface area contributed by atoms with E-state index >= 15 is 0 Å². The van der Waals surface area contributed by atoms with E-state index in [0.29, 0.717) is 22.9 Å². The van der Waals surface area contributed by atoms with Crippen LogP contribution in [0, 0.1) is 6.92 Å². The third-order valence-electron chi connectivity index (χ3n) is 3.14. The van der Waals surface area contributed by atoms with E-state index in [9.17, 15) is 13.2 Å². The predicted molar refractivity (Wildman–Crippen MR) is 84.2 cm³/mol. The van der Waals surface area contributed by atoms with Gasteiger partial charge in [0.1, 0.15) is 0 Å². The third-order valence-corrected chi connectivity index (χ3v) is 6.14. The largest absolute Gasteiger partial charge is 0.315 e. The number of sulfonamides is 1. The highest BCUT2D eigenvalue weighted by atomic mass is 32.2. The van der Waals surface area contributed by atoms with Crippen molar-refractivity contribution in [1.82, 2.24) is 9.71 Å². The summed E-state index contributed by atoms with van der Waals surface area (Å²) < 4.78 is 26.9. The summed E-state index contributed by atoms with van der Waals surface area (Å²) in [5.74, 6) is 0.440. The molecule has 2 N–H and O–H groups in total. The highest BCUT2D eigenvalue weighted by Gasteiger charge is 2.20. The van der Waals surface area contributed by atoms with E-state index in [1.165, 1.54) is 5.56 Å². The molecule has 0 atom stereocenters. The predicted octanol–water partition coefficient (Wildman–Crippen LogP) is 2.35. The lowest BCUT2D eigenvalue weighted by atomic mass is 10.0. The van der Waals surface area contributed by atoms with E-state index in [0.717, 1.165) is 5.56 Å². The molecule has 0 aliphatic heterocycles. The Balaban J connectivity index is 2.12. The van der Waals surface area contributed by atoms with E-state index in [1.807, 2.05) is 24.3 Å². The monoisotopic (exact) mass is 326 g/mol. The average Bonchev–Trinajstić information content (AvgIpc) is 2.77. The molecular weight excluding hydrogens is 308 g/mol. The summed E-state index contributed by atoms with van der Waals surface area (Å²) in [6, 6.07) is 7.80. The van der Waals surface area contributed by atoms with Crippen molar-refractivity contribution in [3.05, 3.63) is 50.8 Å². The molecule has 0 radical (unpaired) electrons. The summed E-state index contributed by atoms with van der Waals surface area (Å²) in [6.45, 7) is 5.98. The van der Waals surface area contributed by atoms with Crippen LogP contribution >= 0.6 is 11.3 Å². The van der Waals surface area contributed by atoms with Gasteiger partial charge in [0.05, 0.1) is 0 Å². The number of H-pyrrole nitrogens is 1. The number of aromatic amines is 1. The number of nitrogens with one attached hydrogen (secondary N) is 2. The van der Waals surface area contributed by atoms with Gasteiger partial charge in [0, 0.05) is 12.2 Å². The Hall–Kier alpha value is -1.44. The van der Waals surface area contributed by atoms with Crippen molar-refractivity contribution in [2.75, 3.05) is 0 Å². The van der Waals surface area contributed by atoms with Crippen LogP contribution in [-0.2, 0) is 16.6 Å². The Kier molecular flexibility index (Phi) is 4.65. The standard InChI is InChI=1S/C14H18N2O3S2/c1-9(2)12-6-4-11(5-7-12)8-15-21(18,19)13-10(3)16-14(17)20-13/h4-7,9,15H,8H2,1-3H3,(H,16,17). The van der Waals surface area contributed by atoms with E-state index in [2.05, 4.69) is 23.6 Å². The average molecular weight is 326 g/mol. The normalized spacial score (nSPS) is 12.0. The van der Waals surface area contributed by atoms with Crippen LogP contribution in [0.5, 0.6) is 0 Å². The quantitative estimate of drug-likeness (QED) is 0.885. The van der Waals surface area contributed by atoms with Crippen molar-refractivity contribution < 1.29 is 8.42 Å². The molecule has 0 amide bonds. The number of hydrogen-bond acceptors (Lipinski definition) is 4. The highest BCUT2D eigenvalue weighted by molar-refractivity contribution is 7.91. The second kappa shape index (κ2) is 6.13. The molecule has 114 valence electrons. The number of hydrogen-bond donors (Lipinski definition) is 2. The molecule has 1 heterocycles. The summed E-state index contributed by atoms with van der Waals surface area (Å²) >= 11 is 0.701. The fourth-order valence-corrected chi connectivity index (χ4v) is 4.27. The number of rotatable bonds is 5. The Morgan fingerprint density at radius 3 is 2.33 bits per heavy atom. The van der Waals surface area contributed by atoms with Gasteiger partial charge >= 0.3 is 4.87 Å². The number of thiazole rings is 1. The van der Waals surface area contributed by atoms with Crippen molar-refractivity contribution in [3.8, 4) is 0 Å². The van der Waals surface area contributed by atoms with Gasteiger partial charge in [0.15, 0.2) is 4.21 Å². The van der Waals surface area contributed by atoms with Gasteiger partial charge in [-0.3, -0.25) is 4.79 Å². The van der Waals surface area contributed by atoms with Crippen LogP contribution in [0.2, 0.25) is 0 Å². The first kappa shape index (κ1) is 15.9. The molecule has 0 saturated carbocycles. The Labute approximate surface area is 128 Å². The zero-order valence-electron chi connectivity index (χ0n) is 12.1. The van der Waals surface area contributed by atoms with Crippen LogP contribution in [0.3, 0.4) is 0 Å². The van der Waals surface area contributed by atoms with Crippen molar-refractivity contribution in [2.24, 2.45) is 0 Å². The van der Waals surface area contributed by atoms with Gasteiger partial charge in [-0.2, -0.15) is 0 Å². The summed E-state index contributed by atoms with van der Waals surface area (Å²) in [5.41, 5.74) is 2.46. The molecule has 0 fully saturated rings. The van der Waals surface area contributed by atoms with Crippen LogP contribution in [-0.4, -0.2) is 13.4 Å². The maximum absolute atomic E-state index is 12.2. The first-order chi connectivity index (χ1) is 9.79.